The molecule has 1 N–H and O–H groups in total. The van der Waals surface area contributed by atoms with E-state index in [0.717, 1.165) is 0 Å². The lowest BCUT2D eigenvalue weighted by molar-refractivity contribution is -0.146. The van der Waals surface area contributed by atoms with Crippen molar-refractivity contribution in [3.05, 3.63) is 10.4 Å². The number of rotatable bonds is 3. The summed E-state index contributed by atoms with van der Waals surface area (Å²) in [5.41, 5.74) is 7.98. The van der Waals surface area contributed by atoms with E-state index in [9.17, 15) is 9.59 Å². The van der Waals surface area contributed by atoms with Gasteiger partial charge in [-0.2, -0.15) is 0 Å². The SMILES string of the molecule is COC(=O)[C@H]1CC[C@H](N=[N+]=[N-])[C@H](NC(=O)OC(C)(C)C)C1. The molecule has 1 rings (SSSR count). The molecule has 0 aromatic rings. The van der Waals surface area contributed by atoms with Crippen LogP contribution in [0.3, 0.4) is 0 Å². The van der Waals surface area contributed by atoms with Gasteiger partial charge in [0.15, 0.2) is 0 Å². The number of ether oxygens (including phenoxy) is 2. The van der Waals surface area contributed by atoms with Crippen LogP contribution in [0.25, 0.3) is 10.4 Å². The molecule has 0 aliphatic heterocycles. The lowest BCUT2D eigenvalue weighted by Crippen LogP contribution is -2.48. The molecule has 1 aliphatic rings. The van der Waals surface area contributed by atoms with Gasteiger partial charge >= 0.3 is 12.1 Å². The van der Waals surface area contributed by atoms with E-state index in [1.54, 1.807) is 20.8 Å². The number of hydrogen-bond donors (Lipinski definition) is 1. The van der Waals surface area contributed by atoms with Crippen molar-refractivity contribution in [3.63, 3.8) is 0 Å². The maximum absolute atomic E-state index is 11.8. The van der Waals surface area contributed by atoms with Gasteiger partial charge in [-0.15, -0.1) is 0 Å². The Hall–Kier alpha value is -1.95. The first-order valence-corrected chi connectivity index (χ1v) is 6.88. The Balaban J connectivity index is 2.73. The zero-order valence-corrected chi connectivity index (χ0v) is 12.8. The van der Waals surface area contributed by atoms with Gasteiger partial charge in [0.25, 0.3) is 0 Å². The van der Waals surface area contributed by atoms with Gasteiger partial charge in [-0.05, 0) is 45.6 Å². The summed E-state index contributed by atoms with van der Waals surface area (Å²) < 4.78 is 9.92. The van der Waals surface area contributed by atoms with Gasteiger partial charge in [0.2, 0.25) is 0 Å². The third-order valence-corrected chi connectivity index (χ3v) is 3.25. The number of nitrogens with zero attached hydrogens (tertiary/aromatic N) is 3. The van der Waals surface area contributed by atoms with Crippen molar-refractivity contribution >= 4 is 12.1 Å². The summed E-state index contributed by atoms with van der Waals surface area (Å²) >= 11 is 0. The van der Waals surface area contributed by atoms with Crippen molar-refractivity contribution in [2.45, 2.75) is 57.7 Å². The van der Waals surface area contributed by atoms with Gasteiger partial charge in [-0.1, -0.05) is 5.11 Å². The van der Waals surface area contributed by atoms with E-state index in [0.29, 0.717) is 19.3 Å². The number of methoxy groups -OCH3 is 1. The Kier molecular flexibility index (Phi) is 5.84. The fourth-order valence-corrected chi connectivity index (χ4v) is 2.35. The number of amides is 1. The van der Waals surface area contributed by atoms with Gasteiger partial charge in [-0.3, -0.25) is 4.79 Å². The normalized spacial score (nSPS) is 25.4. The molecule has 1 aliphatic carbocycles. The van der Waals surface area contributed by atoms with E-state index in [4.69, 9.17) is 15.0 Å². The highest BCUT2D eigenvalue weighted by Gasteiger charge is 2.35. The first-order chi connectivity index (χ1) is 9.76. The van der Waals surface area contributed by atoms with E-state index in [1.807, 2.05) is 0 Å². The Labute approximate surface area is 123 Å². The largest absolute Gasteiger partial charge is 0.469 e. The van der Waals surface area contributed by atoms with E-state index < -0.39 is 17.7 Å². The molecule has 0 saturated heterocycles. The van der Waals surface area contributed by atoms with Crippen LogP contribution in [0.5, 0.6) is 0 Å². The van der Waals surface area contributed by atoms with Gasteiger partial charge in [0.1, 0.15) is 5.60 Å². The second-order valence-corrected chi connectivity index (χ2v) is 6.06. The van der Waals surface area contributed by atoms with E-state index in [1.165, 1.54) is 7.11 Å². The number of carbonyl (C=O) groups excluding carboxylic acids is 2. The fraction of sp³-hybridized carbons (Fsp3) is 0.846. The molecule has 1 saturated carbocycles. The summed E-state index contributed by atoms with van der Waals surface area (Å²) in [6, 6.07) is -0.822. The predicted octanol–water partition coefficient (Wildman–Crippen LogP) is 2.53. The Bertz CT molecular complexity index is 440. The molecule has 21 heavy (non-hydrogen) atoms. The second kappa shape index (κ2) is 7.17. The van der Waals surface area contributed by atoms with Crippen LogP contribution < -0.4 is 5.32 Å². The summed E-state index contributed by atoms with van der Waals surface area (Å²) in [5, 5.41) is 6.38. The van der Waals surface area contributed by atoms with Crippen LogP contribution in [0.4, 0.5) is 4.79 Å². The quantitative estimate of drug-likeness (QED) is 0.373. The number of esters is 1. The summed E-state index contributed by atoms with van der Waals surface area (Å²) in [6.07, 6.45) is 0.874. The Morgan fingerprint density at radius 1 is 1.33 bits per heavy atom. The predicted molar refractivity (Wildman–Crippen MR) is 75.4 cm³/mol. The summed E-state index contributed by atoms with van der Waals surface area (Å²) in [6.45, 7) is 5.28. The van der Waals surface area contributed by atoms with Crippen LogP contribution in [0.15, 0.2) is 5.11 Å². The maximum Gasteiger partial charge on any atom is 0.407 e. The fourth-order valence-electron chi connectivity index (χ4n) is 2.35. The molecule has 0 bridgehead atoms. The average Bonchev–Trinajstić information content (AvgIpc) is 2.37. The van der Waals surface area contributed by atoms with Crippen LogP contribution in [-0.4, -0.2) is 36.9 Å². The maximum atomic E-state index is 11.8. The molecule has 0 spiro atoms. The lowest BCUT2D eigenvalue weighted by atomic mass is 9.82. The van der Waals surface area contributed by atoms with Crippen LogP contribution >= 0.6 is 0 Å². The molecule has 0 aromatic carbocycles. The van der Waals surface area contributed by atoms with Gasteiger partial charge < -0.3 is 14.8 Å². The smallest absolute Gasteiger partial charge is 0.407 e. The van der Waals surface area contributed by atoms with E-state index >= 15 is 0 Å². The molecule has 1 fully saturated rings. The highest BCUT2D eigenvalue weighted by Crippen LogP contribution is 2.28. The molecule has 0 aromatic heterocycles. The van der Waals surface area contributed by atoms with Crippen molar-refractivity contribution < 1.29 is 19.1 Å². The number of hydrogen-bond acceptors (Lipinski definition) is 5. The zero-order chi connectivity index (χ0) is 16.0. The minimum atomic E-state index is -0.617. The molecule has 0 heterocycles. The van der Waals surface area contributed by atoms with Crippen molar-refractivity contribution in [3.8, 4) is 0 Å². The Morgan fingerprint density at radius 3 is 2.52 bits per heavy atom. The first kappa shape index (κ1) is 17.1. The van der Waals surface area contributed by atoms with E-state index in [2.05, 4.69) is 15.3 Å². The topological polar surface area (TPSA) is 113 Å². The first-order valence-electron chi connectivity index (χ1n) is 6.88. The standard InChI is InChI=1S/C13H22N4O4/c1-13(2,3)21-12(19)15-10-7-8(11(18)20-4)5-6-9(10)16-17-14/h8-10H,5-7H2,1-4H3,(H,15,19)/t8-,9-,10+/m0/s1. The Morgan fingerprint density at radius 2 is 2.00 bits per heavy atom. The number of nitrogens with one attached hydrogen (secondary N) is 1. The highest BCUT2D eigenvalue weighted by atomic mass is 16.6. The minimum absolute atomic E-state index is 0.305. The van der Waals surface area contributed by atoms with Gasteiger partial charge in [0, 0.05) is 11.0 Å². The lowest BCUT2D eigenvalue weighted by Gasteiger charge is -2.33. The third-order valence-electron chi connectivity index (χ3n) is 3.25. The number of alkyl carbamates (subject to hydrolysis) is 1. The summed E-state index contributed by atoms with van der Waals surface area (Å²) in [5.74, 6) is -0.620. The zero-order valence-electron chi connectivity index (χ0n) is 12.8. The minimum Gasteiger partial charge on any atom is -0.469 e. The molecule has 3 atom stereocenters. The molecule has 8 nitrogen and oxygen atoms in total. The number of carbonyl (C=O) groups is 2. The van der Waals surface area contributed by atoms with E-state index in [-0.39, 0.29) is 17.9 Å². The van der Waals surface area contributed by atoms with Crippen LogP contribution in [0.1, 0.15) is 40.0 Å². The van der Waals surface area contributed by atoms with Crippen molar-refractivity contribution in [2.75, 3.05) is 7.11 Å². The third kappa shape index (κ3) is 5.51. The van der Waals surface area contributed by atoms with Crippen LogP contribution in [-0.2, 0) is 14.3 Å². The highest BCUT2D eigenvalue weighted by molar-refractivity contribution is 5.73. The summed E-state index contributed by atoms with van der Waals surface area (Å²) in [4.78, 5) is 26.3. The van der Waals surface area contributed by atoms with Crippen LogP contribution in [0, 0.1) is 5.92 Å². The average molecular weight is 298 g/mol. The molecule has 0 unspecified atom stereocenters. The van der Waals surface area contributed by atoms with Crippen molar-refractivity contribution in [1.29, 1.82) is 0 Å². The van der Waals surface area contributed by atoms with Crippen molar-refractivity contribution in [2.24, 2.45) is 11.0 Å². The van der Waals surface area contributed by atoms with Gasteiger partial charge in [-0.25, -0.2) is 4.79 Å². The van der Waals surface area contributed by atoms with Crippen LogP contribution in [0.2, 0.25) is 0 Å². The second-order valence-electron chi connectivity index (χ2n) is 6.06. The monoisotopic (exact) mass is 298 g/mol. The molecule has 118 valence electrons. The molecule has 8 heteroatoms. The molecular formula is C13H22N4O4. The van der Waals surface area contributed by atoms with Crippen molar-refractivity contribution in [1.82, 2.24) is 5.32 Å². The molecular weight excluding hydrogens is 276 g/mol. The molecule has 1 amide bonds. The molecule has 0 radical (unpaired) electrons. The summed E-state index contributed by atoms with van der Waals surface area (Å²) in [7, 11) is 1.33. The van der Waals surface area contributed by atoms with Gasteiger partial charge in [0.05, 0.1) is 19.1 Å². The number of azide groups is 1.